The van der Waals surface area contributed by atoms with Gasteiger partial charge in [0.25, 0.3) is 0 Å². The average molecular weight is 416 g/mol. The van der Waals surface area contributed by atoms with E-state index < -0.39 is 0 Å². The van der Waals surface area contributed by atoms with E-state index in [1.165, 1.54) is 31.7 Å². The second-order valence-corrected chi connectivity index (χ2v) is 6.03. The molecule has 1 atom stereocenters. The van der Waals surface area contributed by atoms with E-state index in [4.69, 9.17) is 5.73 Å². The first-order valence-corrected chi connectivity index (χ1v) is 9.19. The van der Waals surface area contributed by atoms with Crippen molar-refractivity contribution in [1.29, 1.82) is 0 Å². The standard InChI is InChI=1S/C8H10N.3C3H7O.Sn/c1-7(9)8-5-3-2-4-6-8;3*1-2-3-4;/h2-5,7H,9H2,1H3;3*2-3H2,1H3;/q;3*-1;+3. The summed E-state index contributed by atoms with van der Waals surface area (Å²) in [6.45, 7) is 7.83. The van der Waals surface area contributed by atoms with Crippen LogP contribution < -0.4 is 24.6 Å². The van der Waals surface area contributed by atoms with Gasteiger partial charge in [-0.25, -0.2) is 0 Å². The van der Waals surface area contributed by atoms with Crippen molar-refractivity contribution < 1.29 is 15.3 Å². The van der Waals surface area contributed by atoms with Gasteiger partial charge in [0, 0.05) is 0 Å². The zero-order valence-electron chi connectivity index (χ0n) is 14.4. The second-order valence-electron chi connectivity index (χ2n) is 4.49. The van der Waals surface area contributed by atoms with Crippen molar-refractivity contribution in [2.45, 2.75) is 53.0 Å². The zero-order chi connectivity index (χ0) is 17.8. The van der Waals surface area contributed by atoms with Gasteiger partial charge in [0.05, 0.1) is 0 Å². The largest absolute Gasteiger partial charge is 0.854 e. The third-order valence-electron chi connectivity index (χ3n) is 2.06. The van der Waals surface area contributed by atoms with Crippen molar-refractivity contribution in [2.75, 3.05) is 19.8 Å². The fourth-order valence-electron chi connectivity index (χ4n) is 0.894. The maximum atomic E-state index is 9.30. The van der Waals surface area contributed by atoms with Crippen LogP contribution in [0.15, 0.2) is 24.3 Å². The van der Waals surface area contributed by atoms with E-state index in [2.05, 4.69) is 18.2 Å². The van der Waals surface area contributed by atoms with Gasteiger partial charge in [0.1, 0.15) is 0 Å². The van der Waals surface area contributed by atoms with Gasteiger partial charge in [-0.05, 0) is 0 Å². The van der Waals surface area contributed by atoms with Gasteiger partial charge in [-0.15, -0.1) is 19.8 Å². The van der Waals surface area contributed by atoms with E-state index in [-0.39, 0.29) is 25.9 Å². The van der Waals surface area contributed by atoms with Crippen LogP contribution in [0.2, 0.25) is 0 Å². The molecule has 22 heavy (non-hydrogen) atoms. The van der Waals surface area contributed by atoms with Crippen LogP contribution >= 0.6 is 0 Å². The third-order valence-corrected chi connectivity index (χ3v) is 3.36. The molecule has 0 spiro atoms. The first-order chi connectivity index (χ1) is 10.5. The van der Waals surface area contributed by atoms with Gasteiger partial charge in [0.2, 0.25) is 0 Å². The summed E-state index contributed by atoms with van der Waals surface area (Å²) in [6, 6.07) is 8.48. The van der Waals surface area contributed by atoms with Gasteiger partial charge in [-0.3, -0.25) is 0 Å². The molecule has 0 radical (unpaired) electrons. The molecule has 0 aliphatic carbocycles. The van der Waals surface area contributed by atoms with Crippen LogP contribution in [-0.2, 0) is 0 Å². The quantitative estimate of drug-likeness (QED) is 0.687. The second kappa shape index (κ2) is 23.1. The van der Waals surface area contributed by atoms with Crippen LogP contribution in [0.4, 0.5) is 0 Å². The topological polar surface area (TPSA) is 95.2 Å². The average Bonchev–Trinajstić information content (AvgIpc) is 2.55. The molecule has 0 saturated heterocycles. The molecule has 1 rings (SSSR count). The first kappa shape index (κ1) is 26.7. The molecule has 0 aromatic heterocycles. The summed E-state index contributed by atoms with van der Waals surface area (Å²) in [5, 5.41) is 27.9. The van der Waals surface area contributed by atoms with E-state index in [0.29, 0.717) is 0 Å². The van der Waals surface area contributed by atoms with Crippen molar-refractivity contribution in [3.05, 3.63) is 29.8 Å². The molecule has 4 nitrogen and oxygen atoms in total. The normalized spacial score (nSPS) is 10.1. The summed E-state index contributed by atoms with van der Waals surface area (Å²) in [6.07, 6.45) is 2.29. The number of hydrogen-bond donors (Lipinski definition) is 1. The minimum atomic E-state index is 0.0694. The predicted molar refractivity (Wildman–Crippen MR) is 89.9 cm³/mol. The van der Waals surface area contributed by atoms with E-state index in [1.54, 1.807) is 0 Å². The molecule has 5 heteroatoms. The van der Waals surface area contributed by atoms with E-state index in [1.807, 2.05) is 33.8 Å². The maximum Gasteiger partial charge on any atom is -0.0667 e. The molecule has 0 amide bonds. The fourth-order valence-corrected chi connectivity index (χ4v) is 2.06. The fraction of sp³-hybridized carbons (Fsp3) is 0.647. The predicted octanol–water partition coefficient (Wildman–Crippen LogP) is -0.230. The summed E-state index contributed by atoms with van der Waals surface area (Å²) in [4.78, 5) is 0. The molecule has 0 aliphatic heterocycles. The Labute approximate surface area is 149 Å². The van der Waals surface area contributed by atoms with Crippen LogP contribution in [0.1, 0.15) is 58.6 Å². The molecule has 1 aromatic rings. The van der Waals surface area contributed by atoms with E-state index in [0.717, 1.165) is 19.3 Å². The minimum absolute atomic E-state index is 0.0694. The van der Waals surface area contributed by atoms with Crippen LogP contribution in [-0.4, -0.2) is 42.3 Å². The Hall–Kier alpha value is -0.141. The molecule has 1 aromatic carbocycles. The number of hydrogen-bond acceptors (Lipinski definition) is 4. The molecule has 0 aliphatic rings. The smallest absolute Gasteiger partial charge is 0.0667 e. The van der Waals surface area contributed by atoms with Crippen LogP contribution in [0, 0.1) is 0 Å². The Morgan fingerprint density at radius 2 is 1.23 bits per heavy atom. The number of rotatable bonds is 4. The number of benzene rings is 1. The molecule has 2 N–H and O–H groups in total. The van der Waals surface area contributed by atoms with Crippen LogP contribution in [0.3, 0.4) is 0 Å². The molecular weight excluding hydrogens is 385 g/mol. The maximum absolute atomic E-state index is 9.30. The molecule has 0 saturated carbocycles. The van der Waals surface area contributed by atoms with Crippen molar-refractivity contribution in [3.63, 3.8) is 0 Å². The Bertz CT molecular complexity index is 294. The Morgan fingerprint density at radius 1 is 0.909 bits per heavy atom. The SMILES string of the molecule is CC(N)c1cccc[c]1[Sn+3].CCC[O-].CCC[O-].CCC[O-]. The van der Waals surface area contributed by atoms with Crippen LogP contribution in [0.25, 0.3) is 0 Å². The third kappa shape index (κ3) is 22.1. The molecule has 0 fully saturated rings. The molecule has 0 bridgehead atoms. The summed E-state index contributed by atoms with van der Waals surface area (Å²) >= 11 is 1.44. The van der Waals surface area contributed by atoms with Crippen molar-refractivity contribution in [3.8, 4) is 0 Å². The number of nitrogens with two attached hydrogens (primary N) is 1. The molecular formula is C17H31NO3Sn. The van der Waals surface area contributed by atoms with Crippen molar-refractivity contribution in [2.24, 2.45) is 5.73 Å². The van der Waals surface area contributed by atoms with E-state index in [9.17, 15) is 15.3 Å². The van der Waals surface area contributed by atoms with Gasteiger partial charge in [-0.2, -0.15) is 0 Å². The van der Waals surface area contributed by atoms with Crippen molar-refractivity contribution >= 4 is 26.1 Å². The summed E-state index contributed by atoms with van der Waals surface area (Å²) in [5.41, 5.74) is 7.01. The molecule has 0 heterocycles. The van der Waals surface area contributed by atoms with Gasteiger partial charge in [-0.1, -0.05) is 40.0 Å². The Morgan fingerprint density at radius 3 is 1.41 bits per heavy atom. The Balaban J connectivity index is -0.000000253. The van der Waals surface area contributed by atoms with Gasteiger partial charge < -0.3 is 15.3 Å². The zero-order valence-corrected chi connectivity index (χ0v) is 17.3. The summed E-state index contributed by atoms with van der Waals surface area (Å²) < 4.78 is 1.37. The summed E-state index contributed by atoms with van der Waals surface area (Å²) in [5.74, 6) is 0. The Kier molecular flexibility index (Phi) is 28.1. The van der Waals surface area contributed by atoms with E-state index >= 15 is 0 Å². The van der Waals surface area contributed by atoms with Gasteiger partial charge in [0.15, 0.2) is 0 Å². The molecule has 1 unspecified atom stereocenters. The first-order valence-electron chi connectivity index (χ1n) is 7.76. The minimum Gasteiger partial charge on any atom is -0.854 e. The van der Waals surface area contributed by atoms with Gasteiger partial charge >= 0.3 is 74.6 Å². The van der Waals surface area contributed by atoms with Crippen molar-refractivity contribution in [1.82, 2.24) is 0 Å². The van der Waals surface area contributed by atoms with Crippen LogP contribution in [0.5, 0.6) is 0 Å². The molecule has 126 valence electrons. The summed E-state index contributed by atoms with van der Waals surface area (Å²) in [7, 11) is 0. The monoisotopic (exact) mass is 417 g/mol.